The summed E-state index contributed by atoms with van der Waals surface area (Å²) in [5.74, 6) is -0.819. The summed E-state index contributed by atoms with van der Waals surface area (Å²) in [6, 6.07) is 0. The Balaban J connectivity index is 1.56. The van der Waals surface area contributed by atoms with Crippen molar-refractivity contribution in [2.24, 2.45) is 5.92 Å². The van der Waals surface area contributed by atoms with E-state index in [9.17, 15) is 14.7 Å². The van der Waals surface area contributed by atoms with Crippen molar-refractivity contribution in [2.75, 3.05) is 32.7 Å². The van der Waals surface area contributed by atoms with E-state index < -0.39 is 17.9 Å². The second-order valence-corrected chi connectivity index (χ2v) is 8.56. The highest BCUT2D eigenvalue weighted by molar-refractivity contribution is 6.35. The third kappa shape index (κ3) is 4.39. The van der Waals surface area contributed by atoms with Crippen LogP contribution < -0.4 is 5.32 Å². The molecule has 6 heteroatoms. The summed E-state index contributed by atoms with van der Waals surface area (Å²) in [6.07, 6.45) is 10.1. The first kappa shape index (κ1) is 19.6. The smallest absolute Gasteiger partial charge is 0.311 e. The van der Waals surface area contributed by atoms with Crippen LogP contribution in [-0.4, -0.2) is 71.1 Å². The number of aliphatic hydroxyl groups excluding tert-OH is 1. The maximum absolute atomic E-state index is 12.5. The molecule has 0 aromatic carbocycles. The normalized spacial score (nSPS) is 27.9. The second kappa shape index (κ2) is 8.70. The van der Waals surface area contributed by atoms with Crippen LogP contribution in [0.15, 0.2) is 0 Å². The number of rotatable bonds is 4. The molecular formula is C20H35N3O3. The topological polar surface area (TPSA) is 72.9 Å². The van der Waals surface area contributed by atoms with Crippen molar-refractivity contribution in [3.05, 3.63) is 0 Å². The number of amides is 2. The average molecular weight is 366 g/mol. The van der Waals surface area contributed by atoms with E-state index in [1.54, 1.807) is 11.8 Å². The van der Waals surface area contributed by atoms with Crippen molar-refractivity contribution in [2.45, 2.75) is 76.4 Å². The van der Waals surface area contributed by atoms with Crippen molar-refractivity contribution < 1.29 is 14.7 Å². The summed E-state index contributed by atoms with van der Waals surface area (Å²) >= 11 is 0. The fourth-order valence-corrected chi connectivity index (χ4v) is 5.01. The molecule has 2 N–H and O–H groups in total. The standard InChI is InChI=1S/C20H35N3O3/c1-16(24)17-8-13-22(14-17)19(26)18(25)21-15-20(9-4-2-5-10-20)23-11-6-3-7-12-23/h16-17,24H,2-15H2,1H3,(H,21,25). The quantitative estimate of drug-likeness (QED) is 0.741. The second-order valence-electron chi connectivity index (χ2n) is 8.56. The third-order valence-electron chi connectivity index (χ3n) is 6.78. The van der Waals surface area contributed by atoms with Crippen LogP contribution in [0.5, 0.6) is 0 Å². The van der Waals surface area contributed by atoms with Gasteiger partial charge >= 0.3 is 11.8 Å². The molecule has 2 aliphatic heterocycles. The van der Waals surface area contributed by atoms with Crippen molar-refractivity contribution in [1.29, 1.82) is 0 Å². The number of nitrogens with zero attached hydrogens (tertiary/aromatic N) is 2. The van der Waals surface area contributed by atoms with Gasteiger partial charge in [0.25, 0.3) is 0 Å². The first-order valence-electron chi connectivity index (χ1n) is 10.5. The molecule has 6 nitrogen and oxygen atoms in total. The summed E-state index contributed by atoms with van der Waals surface area (Å²) in [6.45, 7) is 5.63. The number of nitrogens with one attached hydrogen (secondary N) is 1. The Morgan fingerprint density at radius 3 is 2.35 bits per heavy atom. The third-order valence-corrected chi connectivity index (χ3v) is 6.78. The van der Waals surface area contributed by atoms with Crippen LogP contribution in [0, 0.1) is 5.92 Å². The first-order chi connectivity index (χ1) is 12.5. The largest absolute Gasteiger partial charge is 0.393 e. The van der Waals surface area contributed by atoms with E-state index in [4.69, 9.17) is 0 Å². The zero-order chi connectivity index (χ0) is 18.6. The molecule has 2 amide bonds. The van der Waals surface area contributed by atoms with Crippen LogP contribution in [0.2, 0.25) is 0 Å². The Hall–Kier alpha value is -1.14. The van der Waals surface area contributed by atoms with E-state index in [2.05, 4.69) is 10.2 Å². The van der Waals surface area contributed by atoms with Crippen LogP contribution in [-0.2, 0) is 9.59 Å². The van der Waals surface area contributed by atoms with Gasteiger partial charge in [-0.25, -0.2) is 0 Å². The Morgan fingerprint density at radius 2 is 1.73 bits per heavy atom. The van der Waals surface area contributed by atoms with Gasteiger partial charge in [-0.15, -0.1) is 0 Å². The number of carbonyl (C=O) groups excluding carboxylic acids is 2. The number of likely N-dealkylation sites (tertiary alicyclic amines) is 2. The van der Waals surface area contributed by atoms with E-state index in [0.29, 0.717) is 19.6 Å². The zero-order valence-electron chi connectivity index (χ0n) is 16.2. The molecule has 3 fully saturated rings. The van der Waals surface area contributed by atoms with Crippen LogP contribution in [0.1, 0.15) is 64.7 Å². The van der Waals surface area contributed by atoms with Crippen molar-refractivity contribution in [1.82, 2.24) is 15.1 Å². The summed E-state index contributed by atoms with van der Waals surface area (Å²) in [4.78, 5) is 29.2. The molecule has 1 saturated carbocycles. The number of piperidine rings is 1. The maximum Gasteiger partial charge on any atom is 0.311 e. The van der Waals surface area contributed by atoms with Crippen LogP contribution >= 0.6 is 0 Å². The minimum atomic E-state index is -0.474. The van der Waals surface area contributed by atoms with Gasteiger partial charge in [0.15, 0.2) is 0 Å². The van der Waals surface area contributed by atoms with E-state index in [1.165, 1.54) is 38.5 Å². The minimum Gasteiger partial charge on any atom is -0.393 e. The molecule has 3 rings (SSSR count). The molecule has 148 valence electrons. The maximum atomic E-state index is 12.5. The van der Waals surface area contributed by atoms with Crippen molar-refractivity contribution >= 4 is 11.8 Å². The fraction of sp³-hybridized carbons (Fsp3) is 0.900. The lowest BCUT2D eigenvalue weighted by Gasteiger charge is -2.48. The summed E-state index contributed by atoms with van der Waals surface area (Å²) in [5.41, 5.74) is 0.0434. The van der Waals surface area contributed by atoms with Crippen molar-refractivity contribution in [3.8, 4) is 0 Å². The highest BCUT2D eigenvalue weighted by atomic mass is 16.3. The van der Waals surface area contributed by atoms with E-state index in [1.807, 2.05) is 0 Å². The number of carbonyl (C=O) groups is 2. The van der Waals surface area contributed by atoms with Gasteiger partial charge in [-0.2, -0.15) is 0 Å². The van der Waals surface area contributed by atoms with E-state index in [0.717, 1.165) is 32.4 Å². The molecule has 26 heavy (non-hydrogen) atoms. The summed E-state index contributed by atoms with van der Waals surface area (Å²) in [5, 5.41) is 12.7. The number of hydrogen-bond donors (Lipinski definition) is 2. The van der Waals surface area contributed by atoms with Gasteiger partial charge in [0.2, 0.25) is 0 Å². The fourth-order valence-electron chi connectivity index (χ4n) is 5.01. The van der Waals surface area contributed by atoms with E-state index in [-0.39, 0.29) is 11.5 Å². The Morgan fingerprint density at radius 1 is 1.08 bits per heavy atom. The SMILES string of the molecule is CC(O)C1CCN(C(=O)C(=O)NCC2(N3CCCCC3)CCCCC2)C1. The lowest BCUT2D eigenvalue weighted by molar-refractivity contribution is -0.145. The Kier molecular flexibility index (Phi) is 6.56. The number of hydrogen-bond acceptors (Lipinski definition) is 4. The van der Waals surface area contributed by atoms with Gasteiger partial charge < -0.3 is 15.3 Å². The summed E-state index contributed by atoms with van der Waals surface area (Å²) < 4.78 is 0. The lowest BCUT2D eigenvalue weighted by atomic mass is 9.79. The molecule has 0 bridgehead atoms. The molecule has 1 aliphatic carbocycles. The molecule has 2 saturated heterocycles. The molecule has 2 atom stereocenters. The molecular weight excluding hydrogens is 330 g/mol. The van der Waals surface area contributed by atoms with Crippen LogP contribution in [0.25, 0.3) is 0 Å². The molecule has 2 unspecified atom stereocenters. The molecule has 2 heterocycles. The van der Waals surface area contributed by atoms with Crippen LogP contribution in [0.3, 0.4) is 0 Å². The van der Waals surface area contributed by atoms with Gasteiger partial charge in [0.05, 0.1) is 6.10 Å². The van der Waals surface area contributed by atoms with Crippen molar-refractivity contribution in [3.63, 3.8) is 0 Å². The minimum absolute atomic E-state index is 0.0434. The molecule has 0 spiro atoms. The Labute approximate surface area is 157 Å². The highest BCUT2D eigenvalue weighted by Gasteiger charge is 2.39. The van der Waals surface area contributed by atoms with E-state index >= 15 is 0 Å². The van der Waals surface area contributed by atoms with Gasteiger partial charge in [-0.3, -0.25) is 14.5 Å². The molecule has 0 aromatic rings. The average Bonchev–Trinajstić information content (AvgIpc) is 3.17. The number of aliphatic hydroxyl groups is 1. The van der Waals surface area contributed by atoms with Crippen LogP contribution in [0.4, 0.5) is 0 Å². The van der Waals surface area contributed by atoms with Gasteiger partial charge in [0, 0.05) is 31.1 Å². The Bertz CT molecular complexity index is 497. The molecule has 0 aromatic heterocycles. The molecule has 0 radical (unpaired) electrons. The predicted octanol–water partition coefficient (Wildman–Crippen LogP) is 1.52. The predicted molar refractivity (Wildman–Crippen MR) is 101 cm³/mol. The highest BCUT2D eigenvalue weighted by Crippen LogP contribution is 2.35. The first-order valence-corrected chi connectivity index (χ1v) is 10.5. The molecule has 3 aliphatic rings. The zero-order valence-corrected chi connectivity index (χ0v) is 16.2. The lowest BCUT2D eigenvalue weighted by Crippen LogP contribution is -2.59. The van der Waals surface area contributed by atoms with Gasteiger partial charge in [-0.05, 0) is 52.1 Å². The van der Waals surface area contributed by atoms with Gasteiger partial charge in [-0.1, -0.05) is 25.7 Å². The van der Waals surface area contributed by atoms with Gasteiger partial charge in [0.1, 0.15) is 0 Å². The monoisotopic (exact) mass is 365 g/mol. The summed E-state index contributed by atoms with van der Waals surface area (Å²) in [7, 11) is 0.